The summed E-state index contributed by atoms with van der Waals surface area (Å²) in [6.07, 6.45) is 2.89. The van der Waals surface area contributed by atoms with Crippen molar-refractivity contribution < 1.29 is 15.7 Å². The molecule has 2 aromatic heterocycles. The smallest absolute Gasteiger partial charge is 0.410 e. The van der Waals surface area contributed by atoms with Crippen LogP contribution in [0.5, 0.6) is 11.6 Å². The molecule has 0 atom stereocenters. The lowest BCUT2D eigenvalue weighted by molar-refractivity contribution is 0.0283. The number of carbonyl (C=O) groups is 1. The third-order valence-electron chi connectivity index (χ3n) is 3.55. The summed E-state index contributed by atoms with van der Waals surface area (Å²) >= 11 is 0. The van der Waals surface area contributed by atoms with Gasteiger partial charge in [-0.3, -0.25) is 0 Å². The van der Waals surface area contributed by atoms with E-state index in [1.54, 1.807) is 13.1 Å². The molecule has 0 aliphatic rings. The average Bonchev–Trinajstić information content (AvgIpc) is 3.01. The quantitative estimate of drug-likeness (QED) is 0.751. The molecular formula is C19H24N4O3. The van der Waals surface area contributed by atoms with Crippen LogP contribution >= 0.6 is 0 Å². The zero-order valence-electron chi connectivity index (χ0n) is 15.3. The fraction of sp³-hybridized carbons (Fsp3) is 0.316. The van der Waals surface area contributed by atoms with Crippen molar-refractivity contribution in [1.82, 2.24) is 19.9 Å². The van der Waals surface area contributed by atoms with Crippen LogP contribution in [0.2, 0.25) is 0 Å². The summed E-state index contributed by atoms with van der Waals surface area (Å²) in [4.78, 5) is 25.0. The summed E-state index contributed by atoms with van der Waals surface area (Å²) in [6, 6.07) is 9.43. The Morgan fingerprint density at radius 3 is 2.81 bits per heavy atom. The number of nitrogens with zero attached hydrogens (tertiary/aromatic N) is 3. The van der Waals surface area contributed by atoms with E-state index in [1.807, 2.05) is 51.2 Å². The van der Waals surface area contributed by atoms with E-state index >= 15 is 0 Å². The Labute approximate surface area is 153 Å². The lowest BCUT2D eigenvalue weighted by Gasteiger charge is -2.24. The highest BCUT2D eigenvalue weighted by atomic mass is 16.6. The Kier molecular flexibility index (Phi) is 4.79. The second-order valence-electron chi connectivity index (χ2n) is 7.01. The minimum absolute atomic E-state index is 0. The summed E-state index contributed by atoms with van der Waals surface area (Å²) in [7, 11) is 1.66. The molecular weight excluding hydrogens is 332 g/mol. The molecule has 0 saturated carbocycles. The number of hydrogen-bond donors (Lipinski definition) is 1. The highest BCUT2D eigenvalue weighted by Gasteiger charge is 2.20. The van der Waals surface area contributed by atoms with E-state index in [4.69, 9.17) is 9.47 Å². The zero-order valence-corrected chi connectivity index (χ0v) is 15.3. The number of rotatable bonds is 4. The third kappa shape index (κ3) is 4.50. The largest absolute Gasteiger partial charge is 0.444 e. The van der Waals surface area contributed by atoms with Crippen LogP contribution in [0.25, 0.3) is 10.9 Å². The van der Waals surface area contributed by atoms with E-state index in [0.29, 0.717) is 23.9 Å². The number of fused-ring (bicyclic) bond motifs is 1. The number of hydrogen-bond acceptors (Lipinski definition) is 5. The fourth-order valence-corrected chi connectivity index (χ4v) is 2.38. The van der Waals surface area contributed by atoms with E-state index in [-0.39, 0.29) is 1.43 Å². The van der Waals surface area contributed by atoms with Gasteiger partial charge >= 0.3 is 6.09 Å². The normalized spacial score (nSPS) is 11.4. The van der Waals surface area contributed by atoms with Crippen molar-refractivity contribution in [2.75, 3.05) is 7.05 Å². The van der Waals surface area contributed by atoms with Gasteiger partial charge in [0.05, 0.1) is 12.2 Å². The topological polar surface area (TPSA) is 80.3 Å². The maximum Gasteiger partial charge on any atom is 0.410 e. The van der Waals surface area contributed by atoms with E-state index in [9.17, 15) is 4.79 Å². The first-order valence-electron chi connectivity index (χ1n) is 8.30. The lowest BCUT2D eigenvalue weighted by Crippen LogP contribution is -2.34. The maximum atomic E-state index is 12.1. The van der Waals surface area contributed by atoms with Gasteiger partial charge < -0.3 is 19.4 Å². The van der Waals surface area contributed by atoms with Gasteiger partial charge in [0.15, 0.2) is 0 Å². The van der Waals surface area contributed by atoms with Gasteiger partial charge in [-0.05, 0) is 45.0 Å². The minimum Gasteiger partial charge on any atom is -0.444 e. The number of H-pyrrole nitrogens is 1. The summed E-state index contributed by atoms with van der Waals surface area (Å²) in [5.74, 6) is 1.10. The second kappa shape index (κ2) is 7.03. The molecule has 138 valence electrons. The first-order valence-corrected chi connectivity index (χ1v) is 8.30. The van der Waals surface area contributed by atoms with Crippen molar-refractivity contribution >= 4 is 17.0 Å². The van der Waals surface area contributed by atoms with E-state index in [2.05, 4.69) is 15.0 Å². The van der Waals surface area contributed by atoms with Crippen LogP contribution in [0.4, 0.5) is 4.79 Å². The van der Waals surface area contributed by atoms with Crippen LogP contribution < -0.4 is 4.74 Å². The SMILES string of the molecule is CN(Cc1cc(Oc2ccc3[nH]ccc3c2)ncn1)C(=O)OC(C)(C)C.[HH]. The number of aromatic amines is 1. The summed E-state index contributed by atoms with van der Waals surface area (Å²) in [5.41, 5.74) is 1.16. The molecule has 0 fully saturated rings. The van der Waals surface area contributed by atoms with E-state index in [0.717, 1.165) is 10.9 Å². The zero-order chi connectivity index (χ0) is 18.7. The van der Waals surface area contributed by atoms with Crippen molar-refractivity contribution in [3.05, 3.63) is 48.5 Å². The van der Waals surface area contributed by atoms with E-state index < -0.39 is 11.7 Å². The first-order chi connectivity index (χ1) is 12.3. The van der Waals surface area contributed by atoms with Crippen molar-refractivity contribution in [3.8, 4) is 11.6 Å². The number of aromatic nitrogens is 3. The number of ether oxygens (including phenoxy) is 2. The predicted octanol–water partition coefficient (Wildman–Crippen LogP) is 4.36. The fourth-order valence-electron chi connectivity index (χ4n) is 2.38. The number of carbonyl (C=O) groups excluding carboxylic acids is 1. The molecule has 0 aliphatic carbocycles. The van der Waals surface area contributed by atoms with Crippen molar-refractivity contribution in [1.29, 1.82) is 0 Å². The Morgan fingerprint density at radius 1 is 1.23 bits per heavy atom. The first kappa shape index (κ1) is 17.7. The molecule has 0 bridgehead atoms. The number of amides is 1. The molecule has 0 saturated heterocycles. The molecule has 1 amide bonds. The molecule has 1 N–H and O–H groups in total. The Bertz CT molecular complexity index is 920. The highest BCUT2D eigenvalue weighted by Crippen LogP contribution is 2.24. The molecule has 0 spiro atoms. The number of nitrogens with one attached hydrogen (secondary N) is 1. The lowest BCUT2D eigenvalue weighted by atomic mass is 10.2. The van der Waals surface area contributed by atoms with Gasteiger partial charge in [-0.2, -0.15) is 0 Å². The molecule has 3 rings (SSSR count). The van der Waals surface area contributed by atoms with Gasteiger partial charge in [0.25, 0.3) is 0 Å². The van der Waals surface area contributed by atoms with Crippen LogP contribution in [0, 0.1) is 0 Å². The Hall–Kier alpha value is -3.09. The molecule has 7 heteroatoms. The molecule has 7 nitrogen and oxygen atoms in total. The molecule has 2 heterocycles. The van der Waals surface area contributed by atoms with Crippen LogP contribution in [-0.2, 0) is 11.3 Å². The average molecular weight is 356 g/mol. The van der Waals surface area contributed by atoms with Gasteiger partial charge in [0.1, 0.15) is 17.7 Å². The maximum absolute atomic E-state index is 12.1. The molecule has 0 aliphatic heterocycles. The predicted molar refractivity (Wildman–Crippen MR) is 100 cm³/mol. The molecule has 0 unspecified atom stereocenters. The third-order valence-corrected chi connectivity index (χ3v) is 3.55. The monoisotopic (exact) mass is 356 g/mol. The van der Waals surface area contributed by atoms with Crippen molar-refractivity contribution in [2.24, 2.45) is 0 Å². The van der Waals surface area contributed by atoms with Crippen LogP contribution in [0.3, 0.4) is 0 Å². The highest BCUT2D eigenvalue weighted by molar-refractivity contribution is 5.80. The van der Waals surface area contributed by atoms with Gasteiger partial charge in [-0.15, -0.1) is 0 Å². The minimum atomic E-state index is -0.540. The van der Waals surface area contributed by atoms with Gasteiger partial charge in [-0.1, -0.05) is 0 Å². The van der Waals surface area contributed by atoms with Crippen LogP contribution in [0.15, 0.2) is 42.9 Å². The van der Waals surface area contributed by atoms with Crippen molar-refractivity contribution in [2.45, 2.75) is 32.9 Å². The van der Waals surface area contributed by atoms with Gasteiger partial charge in [-0.25, -0.2) is 14.8 Å². The molecule has 0 radical (unpaired) electrons. The second-order valence-corrected chi connectivity index (χ2v) is 7.01. The molecule has 3 aromatic rings. The van der Waals surface area contributed by atoms with Gasteiger partial charge in [0, 0.05) is 31.6 Å². The standard InChI is InChI=1S/C19H22N4O3.H2/c1-19(2,3)26-18(24)23(4)11-14-10-17(22-12-21-14)25-15-5-6-16-13(9-15)7-8-20-16;/h5-10,12,20H,11H2,1-4H3;1H. The van der Waals surface area contributed by atoms with E-state index in [1.165, 1.54) is 11.2 Å². The summed E-state index contributed by atoms with van der Waals surface area (Å²) < 4.78 is 11.2. The summed E-state index contributed by atoms with van der Waals surface area (Å²) in [6.45, 7) is 5.79. The molecule has 26 heavy (non-hydrogen) atoms. The summed E-state index contributed by atoms with van der Waals surface area (Å²) in [5, 5.41) is 1.06. The Morgan fingerprint density at radius 2 is 2.04 bits per heavy atom. The van der Waals surface area contributed by atoms with Crippen LogP contribution in [-0.4, -0.2) is 38.6 Å². The molecule has 1 aromatic carbocycles. The van der Waals surface area contributed by atoms with Crippen LogP contribution in [0.1, 0.15) is 27.9 Å². The number of benzene rings is 1. The Balaban J connectivity index is 0.00000261. The van der Waals surface area contributed by atoms with Gasteiger partial charge in [0.2, 0.25) is 5.88 Å². The van der Waals surface area contributed by atoms with Crippen molar-refractivity contribution in [3.63, 3.8) is 0 Å².